The second-order valence-electron chi connectivity index (χ2n) is 6.11. The Morgan fingerprint density at radius 2 is 1.40 bits per heavy atom. The number of alkyl halides is 1. The normalized spacial score (nSPS) is 15.1. The van der Waals surface area contributed by atoms with Crippen LogP contribution in [0.1, 0.15) is 26.3 Å². The van der Waals surface area contributed by atoms with Gasteiger partial charge in [0.05, 0.1) is 14.2 Å². The maximum Gasteiger partial charge on any atom is 0.173 e. The average molecular weight is 317 g/mol. The molecule has 1 aromatic rings. The Morgan fingerprint density at radius 1 is 0.950 bits per heavy atom. The molecule has 0 spiro atoms. The van der Waals surface area contributed by atoms with Gasteiger partial charge in [-0.15, -0.1) is 0 Å². The van der Waals surface area contributed by atoms with Gasteiger partial charge in [0, 0.05) is 17.0 Å². The molecule has 0 saturated carbocycles. The molecule has 20 heavy (non-hydrogen) atoms. The second-order valence-corrected chi connectivity index (χ2v) is 8.98. The van der Waals surface area contributed by atoms with Crippen LogP contribution in [0.4, 0.5) is 0 Å². The molecule has 0 amide bonds. The van der Waals surface area contributed by atoms with Crippen LogP contribution in [0.2, 0.25) is 13.1 Å². The Labute approximate surface area is 128 Å². The van der Waals surface area contributed by atoms with Crippen molar-refractivity contribution in [3.63, 3.8) is 0 Å². The molecule has 0 aliphatic carbocycles. The zero-order chi connectivity index (χ0) is 15.6. The Balaban J connectivity index is 3.41. The summed E-state index contributed by atoms with van der Waals surface area (Å²) in [4.78, 5) is 0. The quantitative estimate of drug-likeness (QED) is 0.603. The van der Waals surface area contributed by atoms with Crippen molar-refractivity contribution >= 4 is 20.6 Å². The molecule has 0 N–H and O–H groups in total. The van der Waals surface area contributed by atoms with Gasteiger partial charge in [-0.25, -0.2) is 0 Å². The van der Waals surface area contributed by atoms with E-state index in [9.17, 15) is 0 Å². The van der Waals surface area contributed by atoms with Gasteiger partial charge in [0.1, 0.15) is 11.5 Å². The predicted molar refractivity (Wildman–Crippen MR) is 86.5 cm³/mol. The summed E-state index contributed by atoms with van der Waals surface area (Å²) in [6, 6.07) is 5.66. The van der Waals surface area contributed by atoms with E-state index in [0.717, 1.165) is 5.56 Å². The van der Waals surface area contributed by atoms with Crippen molar-refractivity contribution in [2.75, 3.05) is 14.2 Å². The Morgan fingerprint density at radius 3 is 1.70 bits per heavy atom. The molecule has 0 heterocycles. The van der Waals surface area contributed by atoms with Crippen molar-refractivity contribution in [1.82, 2.24) is 0 Å². The molecule has 0 bridgehead atoms. The van der Waals surface area contributed by atoms with E-state index in [0.29, 0.717) is 11.5 Å². The van der Waals surface area contributed by atoms with Crippen LogP contribution in [0.15, 0.2) is 18.2 Å². The molecule has 5 heteroatoms. The van der Waals surface area contributed by atoms with Gasteiger partial charge < -0.3 is 13.9 Å². The van der Waals surface area contributed by atoms with E-state index in [-0.39, 0.29) is 5.41 Å². The van der Waals surface area contributed by atoms with Gasteiger partial charge >= 0.3 is 0 Å². The van der Waals surface area contributed by atoms with E-state index in [2.05, 4.69) is 33.9 Å². The number of hydrogen-bond donors (Lipinski definition) is 0. The SMILES string of the molecule is COc1cc(OC)cc(C(Cl)(O[SiH](C)C)C(C)(C)C)c1. The van der Waals surface area contributed by atoms with Crippen LogP contribution in [0, 0.1) is 5.41 Å². The molecule has 1 unspecified atom stereocenters. The van der Waals surface area contributed by atoms with Crippen molar-refractivity contribution in [1.29, 1.82) is 0 Å². The first kappa shape index (κ1) is 17.3. The van der Waals surface area contributed by atoms with E-state index in [1.165, 1.54) is 0 Å². The van der Waals surface area contributed by atoms with Crippen molar-refractivity contribution in [2.45, 2.75) is 38.9 Å². The molecule has 114 valence electrons. The fraction of sp³-hybridized carbons (Fsp3) is 0.600. The highest BCUT2D eigenvalue weighted by Crippen LogP contribution is 2.48. The van der Waals surface area contributed by atoms with Crippen LogP contribution in [0.25, 0.3) is 0 Å². The topological polar surface area (TPSA) is 27.7 Å². The summed E-state index contributed by atoms with van der Waals surface area (Å²) in [6.07, 6.45) is 0. The molecule has 3 nitrogen and oxygen atoms in total. The zero-order valence-electron chi connectivity index (χ0n) is 13.4. The zero-order valence-corrected chi connectivity index (χ0v) is 15.3. The maximum atomic E-state index is 6.90. The first-order chi connectivity index (χ1) is 9.14. The highest BCUT2D eigenvalue weighted by atomic mass is 35.5. The highest BCUT2D eigenvalue weighted by Gasteiger charge is 2.44. The smallest absolute Gasteiger partial charge is 0.173 e. The molecule has 0 radical (unpaired) electrons. The summed E-state index contributed by atoms with van der Waals surface area (Å²) in [6.45, 7) is 10.4. The minimum Gasteiger partial charge on any atom is -0.497 e. The summed E-state index contributed by atoms with van der Waals surface area (Å²) in [7, 11) is 1.93. The highest BCUT2D eigenvalue weighted by molar-refractivity contribution is 6.49. The molecular weight excluding hydrogens is 292 g/mol. The van der Waals surface area contributed by atoms with E-state index >= 15 is 0 Å². The number of ether oxygens (including phenoxy) is 2. The van der Waals surface area contributed by atoms with Gasteiger partial charge in [0.15, 0.2) is 14.1 Å². The first-order valence-corrected chi connectivity index (χ1v) is 9.90. The standard InChI is InChI=1S/C15H25ClO3Si/c1-14(2,3)15(16,19-20(6)7)11-8-12(17-4)10-13(9-11)18-5/h8-10,20H,1-7H3. The van der Waals surface area contributed by atoms with Crippen molar-refractivity contribution in [3.8, 4) is 11.5 Å². The monoisotopic (exact) mass is 316 g/mol. The molecule has 1 atom stereocenters. The summed E-state index contributed by atoms with van der Waals surface area (Å²) >= 11 is 6.90. The minimum absolute atomic E-state index is 0.261. The first-order valence-electron chi connectivity index (χ1n) is 6.74. The third-order valence-corrected chi connectivity index (χ3v) is 4.93. The lowest BCUT2D eigenvalue weighted by molar-refractivity contribution is 0.0401. The van der Waals surface area contributed by atoms with Crippen LogP contribution >= 0.6 is 11.6 Å². The van der Waals surface area contributed by atoms with Crippen LogP contribution in [0.5, 0.6) is 11.5 Å². The largest absolute Gasteiger partial charge is 0.497 e. The van der Waals surface area contributed by atoms with Gasteiger partial charge in [0.2, 0.25) is 0 Å². The predicted octanol–water partition coefficient (Wildman–Crippen LogP) is 4.14. The van der Waals surface area contributed by atoms with Crippen LogP contribution in [-0.4, -0.2) is 23.3 Å². The molecule has 0 aliphatic rings. The molecular formula is C15H25ClO3Si. The van der Waals surface area contributed by atoms with Crippen LogP contribution in [-0.2, 0) is 9.49 Å². The van der Waals surface area contributed by atoms with Crippen LogP contribution in [0.3, 0.4) is 0 Å². The third kappa shape index (κ3) is 3.68. The van der Waals surface area contributed by atoms with Crippen molar-refractivity contribution in [2.24, 2.45) is 5.41 Å². The summed E-state index contributed by atoms with van der Waals surface area (Å²) in [5.74, 6) is 1.42. The minimum atomic E-state index is -1.33. The average Bonchev–Trinajstić information content (AvgIpc) is 2.35. The van der Waals surface area contributed by atoms with Gasteiger partial charge in [-0.2, -0.15) is 0 Å². The lowest BCUT2D eigenvalue weighted by atomic mass is 9.84. The molecule has 1 rings (SSSR count). The van der Waals surface area contributed by atoms with Gasteiger partial charge in [0.25, 0.3) is 0 Å². The summed E-state index contributed by atoms with van der Waals surface area (Å²) in [5, 5.41) is -0.894. The molecule has 0 saturated heterocycles. The van der Waals surface area contributed by atoms with Crippen molar-refractivity contribution in [3.05, 3.63) is 23.8 Å². The van der Waals surface area contributed by atoms with E-state index in [4.69, 9.17) is 25.5 Å². The Hall–Kier alpha value is -0.713. The summed E-state index contributed by atoms with van der Waals surface area (Å²) < 4.78 is 16.8. The molecule has 0 aliphatic heterocycles. The lowest BCUT2D eigenvalue weighted by Gasteiger charge is -2.41. The fourth-order valence-corrected chi connectivity index (χ4v) is 3.78. The Kier molecular flexibility index (Phi) is 5.52. The van der Waals surface area contributed by atoms with Gasteiger partial charge in [-0.1, -0.05) is 32.4 Å². The number of methoxy groups -OCH3 is 2. The van der Waals surface area contributed by atoms with E-state index in [1.807, 2.05) is 18.2 Å². The van der Waals surface area contributed by atoms with Crippen LogP contribution < -0.4 is 9.47 Å². The fourth-order valence-electron chi connectivity index (χ4n) is 2.00. The number of halogens is 1. The molecule has 0 aromatic heterocycles. The number of hydrogen-bond acceptors (Lipinski definition) is 3. The molecule has 0 fully saturated rings. The number of benzene rings is 1. The second kappa shape index (κ2) is 6.37. The van der Waals surface area contributed by atoms with Gasteiger partial charge in [-0.05, 0) is 25.2 Å². The Bertz CT molecular complexity index is 435. The number of rotatable bonds is 5. The van der Waals surface area contributed by atoms with Gasteiger partial charge in [-0.3, -0.25) is 0 Å². The maximum absolute atomic E-state index is 6.90. The summed E-state index contributed by atoms with van der Waals surface area (Å²) in [5.41, 5.74) is 0.604. The van der Waals surface area contributed by atoms with Crippen molar-refractivity contribution < 1.29 is 13.9 Å². The lowest BCUT2D eigenvalue weighted by Crippen LogP contribution is -2.40. The molecule has 1 aromatic carbocycles. The van der Waals surface area contributed by atoms with E-state index in [1.54, 1.807) is 14.2 Å². The van der Waals surface area contributed by atoms with E-state index < -0.39 is 14.1 Å². The third-order valence-electron chi connectivity index (χ3n) is 3.09.